The van der Waals surface area contributed by atoms with Gasteiger partial charge in [-0.15, -0.1) is 0 Å². The van der Waals surface area contributed by atoms with Gasteiger partial charge in [0.05, 0.1) is 10.6 Å². The van der Waals surface area contributed by atoms with Crippen LogP contribution in [0.4, 0.5) is 11.4 Å². The summed E-state index contributed by atoms with van der Waals surface area (Å²) in [6.45, 7) is 3.89. The third-order valence-corrected chi connectivity index (χ3v) is 5.05. The second-order valence-corrected chi connectivity index (χ2v) is 6.96. The molecule has 6 heteroatoms. The van der Waals surface area contributed by atoms with Crippen LogP contribution in [-0.2, 0) is 10.0 Å². The predicted octanol–water partition coefficient (Wildman–Crippen LogP) is 2.41. The van der Waals surface area contributed by atoms with Gasteiger partial charge < -0.3 is 5.43 Å². The summed E-state index contributed by atoms with van der Waals surface area (Å²) in [5.41, 5.74) is 5.82. The maximum atomic E-state index is 12.6. The Morgan fingerprint density at radius 2 is 1.52 bits per heavy atom. The van der Waals surface area contributed by atoms with Gasteiger partial charge in [-0.25, -0.2) is 8.42 Å². The maximum Gasteiger partial charge on any atom is 0.264 e. The van der Waals surface area contributed by atoms with Gasteiger partial charge in [-0.3, -0.25) is 10.1 Å². The zero-order chi connectivity index (χ0) is 15.6. The molecule has 0 saturated carbocycles. The molecule has 0 unspecified atom stereocenters. The molecule has 0 aliphatic carbocycles. The molecule has 2 aromatic carbocycles. The van der Waals surface area contributed by atoms with Crippen molar-refractivity contribution in [1.29, 1.82) is 0 Å². The lowest BCUT2D eigenvalue weighted by atomic mass is 10.1. The Kier molecular flexibility index (Phi) is 4.20. The minimum Gasteiger partial charge on any atom is -0.324 e. The summed E-state index contributed by atoms with van der Waals surface area (Å²) in [6.07, 6.45) is 0. The van der Waals surface area contributed by atoms with E-state index in [1.165, 1.54) is 16.4 Å². The number of benzene rings is 2. The second kappa shape index (κ2) is 5.75. The third kappa shape index (κ3) is 3.17. The minimum absolute atomic E-state index is 0.225. The van der Waals surface area contributed by atoms with Crippen molar-refractivity contribution >= 4 is 21.4 Å². The number of aryl methyl sites for hydroxylation is 2. The van der Waals surface area contributed by atoms with Crippen LogP contribution >= 0.6 is 0 Å². The number of nitrogens with one attached hydrogen (secondary N) is 1. The molecule has 2 rings (SSSR count). The van der Waals surface area contributed by atoms with Gasteiger partial charge in [-0.05, 0) is 61.4 Å². The predicted molar refractivity (Wildman–Crippen MR) is 85.8 cm³/mol. The van der Waals surface area contributed by atoms with Crippen LogP contribution in [0.2, 0.25) is 0 Å². The second-order valence-electron chi connectivity index (χ2n) is 4.99. The van der Waals surface area contributed by atoms with Crippen LogP contribution in [0.3, 0.4) is 0 Å². The lowest BCUT2D eigenvalue weighted by molar-refractivity contribution is 0.594. The Hall–Kier alpha value is -2.05. The summed E-state index contributed by atoms with van der Waals surface area (Å²) < 4.78 is 26.5. The molecule has 0 fully saturated rings. The van der Waals surface area contributed by atoms with E-state index >= 15 is 0 Å². The van der Waals surface area contributed by atoms with Gasteiger partial charge in [-0.1, -0.05) is 6.07 Å². The van der Waals surface area contributed by atoms with Gasteiger partial charge in [0, 0.05) is 12.7 Å². The zero-order valence-corrected chi connectivity index (χ0v) is 13.1. The Balaban J connectivity index is 2.41. The Morgan fingerprint density at radius 3 is 2.00 bits per heavy atom. The third-order valence-electron chi connectivity index (χ3n) is 3.25. The largest absolute Gasteiger partial charge is 0.324 e. The first kappa shape index (κ1) is 15.3. The monoisotopic (exact) mass is 305 g/mol. The highest BCUT2D eigenvalue weighted by Crippen LogP contribution is 2.24. The van der Waals surface area contributed by atoms with Crippen LogP contribution in [0, 0.1) is 13.8 Å². The lowest BCUT2D eigenvalue weighted by Gasteiger charge is -2.20. The molecule has 0 saturated heterocycles. The van der Waals surface area contributed by atoms with Crippen molar-refractivity contribution in [2.24, 2.45) is 5.84 Å². The highest BCUT2D eigenvalue weighted by molar-refractivity contribution is 7.92. The summed E-state index contributed by atoms with van der Waals surface area (Å²) in [4.78, 5) is 0.225. The van der Waals surface area contributed by atoms with E-state index in [1.807, 2.05) is 32.0 Å². The number of rotatable bonds is 4. The van der Waals surface area contributed by atoms with Gasteiger partial charge in [0.2, 0.25) is 0 Å². The first-order valence-corrected chi connectivity index (χ1v) is 7.92. The van der Waals surface area contributed by atoms with Crippen molar-refractivity contribution in [3.05, 3.63) is 53.6 Å². The smallest absolute Gasteiger partial charge is 0.264 e. The molecule has 3 N–H and O–H groups in total. The quantitative estimate of drug-likeness (QED) is 0.672. The van der Waals surface area contributed by atoms with Crippen molar-refractivity contribution in [2.45, 2.75) is 18.7 Å². The van der Waals surface area contributed by atoms with Crippen LogP contribution in [0.25, 0.3) is 0 Å². The standard InChI is InChI=1S/C15H19N3O2S/c1-11-8-12(2)10-14(9-11)18(3)21(19,20)15-6-4-13(17-16)5-7-15/h4-10,17H,16H2,1-3H3. The highest BCUT2D eigenvalue weighted by Gasteiger charge is 2.21. The fourth-order valence-electron chi connectivity index (χ4n) is 2.15. The van der Waals surface area contributed by atoms with Gasteiger partial charge in [0.1, 0.15) is 0 Å². The molecule has 0 spiro atoms. The lowest BCUT2D eigenvalue weighted by Crippen LogP contribution is -2.26. The molecule has 0 aromatic heterocycles. The van der Waals surface area contributed by atoms with Crippen molar-refractivity contribution in [2.75, 3.05) is 16.8 Å². The molecular weight excluding hydrogens is 286 g/mol. The number of sulfonamides is 1. The average molecular weight is 305 g/mol. The first-order valence-electron chi connectivity index (χ1n) is 6.48. The topological polar surface area (TPSA) is 75.4 Å². The van der Waals surface area contributed by atoms with E-state index in [0.717, 1.165) is 11.1 Å². The van der Waals surface area contributed by atoms with Crippen LogP contribution in [0.15, 0.2) is 47.4 Å². The number of nitrogens with two attached hydrogens (primary N) is 1. The molecule has 0 bridgehead atoms. The van der Waals surface area contributed by atoms with E-state index in [2.05, 4.69) is 5.43 Å². The van der Waals surface area contributed by atoms with Gasteiger partial charge in [0.25, 0.3) is 10.0 Å². The normalized spacial score (nSPS) is 11.2. The van der Waals surface area contributed by atoms with Crippen LogP contribution < -0.4 is 15.6 Å². The van der Waals surface area contributed by atoms with Crippen molar-refractivity contribution in [3.63, 3.8) is 0 Å². The molecule has 0 radical (unpaired) electrons. The van der Waals surface area contributed by atoms with Crippen molar-refractivity contribution in [3.8, 4) is 0 Å². The average Bonchev–Trinajstić information content (AvgIpc) is 2.45. The van der Waals surface area contributed by atoms with Gasteiger partial charge in [-0.2, -0.15) is 0 Å². The van der Waals surface area contributed by atoms with Crippen LogP contribution in [0.5, 0.6) is 0 Å². The molecular formula is C15H19N3O2S. The summed E-state index contributed by atoms with van der Waals surface area (Å²) in [6, 6.07) is 12.0. The Morgan fingerprint density at radius 1 is 1.00 bits per heavy atom. The molecule has 0 aliphatic heterocycles. The first-order chi connectivity index (χ1) is 9.84. The fourth-order valence-corrected chi connectivity index (χ4v) is 3.33. The number of hydrazine groups is 1. The molecule has 112 valence electrons. The number of nitrogens with zero attached hydrogens (tertiary/aromatic N) is 1. The summed E-state index contributed by atoms with van der Waals surface area (Å²) in [7, 11) is -2.03. The van der Waals surface area contributed by atoms with E-state index in [0.29, 0.717) is 11.4 Å². The summed E-state index contributed by atoms with van der Waals surface area (Å²) >= 11 is 0. The molecule has 0 heterocycles. The fraction of sp³-hybridized carbons (Fsp3) is 0.200. The van der Waals surface area contributed by atoms with Crippen molar-refractivity contribution in [1.82, 2.24) is 0 Å². The van der Waals surface area contributed by atoms with E-state index < -0.39 is 10.0 Å². The van der Waals surface area contributed by atoms with E-state index in [-0.39, 0.29) is 4.90 Å². The molecule has 0 aliphatic rings. The van der Waals surface area contributed by atoms with Crippen molar-refractivity contribution < 1.29 is 8.42 Å². The Bertz CT molecular complexity index is 720. The van der Waals surface area contributed by atoms with Gasteiger partial charge in [0.15, 0.2) is 0 Å². The molecule has 0 amide bonds. The van der Waals surface area contributed by atoms with E-state index in [1.54, 1.807) is 19.2 Å². The van der Waals surface area contributed by atoms with Crippen LogP contribution in [-0.4, -0.2) is 15.5 Å². The number of hydrogen-bond donors (Lipinski definition) is 2. The summed E-state index contributed by atoms with van der Waals surface area (Å²) in [5, 5.41) is 0. The van der Waals surface area contributed by atoms with E-state index in [4.69, 9.17) is 5.84 Å². The van der Waals surface area contributed by atoms with Gasteiger partial charge >= 0.3 is 0 Å². The number of hydrogen-bond acceptors (Lipinski definition) is 4. The minimum atomic E-state index is -3.59. The molecule has 5 nitrogen and oxygen atoms in total. The molecule has 21 heavy (non-hydrogen) atoms. The SMILES string of the molecule is Cc1cc(C)cc(N(C)S(=O)(=O)c2ccc(NN)cc2)c1. The number of nitrogen functional groups attached to an aromatic ring is 1. The van der Waals surface area contributed by atoms with E-state index in [9.17, 15) is 8.42 Å². The number of anilines is 2. The highest BCUT2D eigenvalue weighted by atomic mass is 32.2. The zero-order valence-electron chi connectivity index (χ0n) is 12.3. The Labute approximate surface area is 125 Å². The van der Waals surface area contributed by atoms with Crippen LogP contribution in [0.1, 0.15) is 11.1 Å². The molecule has 2 aromatic rings. The molecule has 0 atom stereocenters. The maximum absolute atomic E-state index is 12.6. The summed E-state index contributed by atoms with van der Waals surface area (Å²) in [5.74, 6) is 5.28.